The summed E-state index contributed by atoms with van der Waals surface area (Å²) in [6, 6.07) is 9.54. The lowest BCUT2D eigenvalue weighted by atomic mass is 9.99. The number of aromatic nitrogens is 3. The molecule has 1 atom stereocenters. The summed E-state index contributed by atoms with van der Waals surface area (Å²) in [6.07, 6.45) is 3.38. The van der Waals surface area contributed by atoms with Crippen molar-refractivity contribution in [2.75, 3.05) is 26.2 Å². The van der Waals surface area contributed by atoms with Gasteiger partial charge in [-0.15, -0.1) is 5.10 Å². The van der Waals surface area contributed by atoms with Gasteiger partial charge in [-0.05, 0) is 50.4 Å². The molecule has 1 saturated heterocycles. The highest BCUT2D eigenvalue weighted by Crippen LogP contribution is 2.21. The van der Waals surface area contributed by atoms with Crippen molar-refractivity contribution in [2.24, 2.45) is 5.92 Å². The summed E-state index contributed by atoms with van der Waals surface area (Å²) in [4.78, 5) is 27.6. The maximum Gasteiger partial charge on any atom is 0.274 e. The predicted molar refractivity (Wildman–Crippen MR) is 108 cm³/mol. The van der Waals surface area contributed by atoms with Gasteiger partial charge in [0.05, 0.1) is 12.6 Å². The van der Waals surface area contributed by atoms with Crippen LogP contribution in [0.25, 0.3) is 0 Å². The Morgan fingerprint density at radius 2 is 2.00 bits per heavy atom. The van der Waals surface area contributed by atoms with Crippen molar-refractivity contribution >= 4 is 11.8 Å². The average Bonchev–Trinajstić information content (AvgIpc) is 3.18. The van der Waals surface area contributed by atoms with Crippen LogP contribution in [0.1, 0.15) is 58.8 Å². The molecule has 4 rings (SSSR count). The molecule has 2 N–H and O–H groups in total. The fraction of sp³-hybridized carbons (Fsp3) is 0.524. The number of likely N-dealkylation sites (tertiary alicyclic amines) is 1. The molecule has 0 saturated carbocycles. The topological polar surface area (TPSA) is 92.2 Å². The molecule has 1 aromatic heterocycles. The quantitative estimate of drug-likeness (QED) is 0.724. The van der Waals surface area contributed by atoms with Crippen LogP contribution >= 0.6 is 0 Å². The van der Waals surface area contributed by atoms with Crippen molar-refractivity contribution in [3.05, 3.63) is 47.3 Å². The minimum Gasteiger partial charge on any atom is -0.351 e. The van der Waals surface area contributed by atoms with Gasteiger partial charge >= 0.3 is 0 Å². The molecule has 8 nitrogen and oxygen atoms in total. The van der Waals surface area contributed by atoms with Crippen molar-refractivity contribution in [3.63, 3.8) is 0 Å². The highest BCUT2D eigenvalue weighted by molar-refractivity contribution is 6.05. The van der Waals surface area contributed by atoms with E-state index in [1.807, 2.05) is 30.3 Å². The van der Waals surface area contributed by atoms with E-state index in [0.29, 0.717) is 13.1 Å². The van der Waals surface area contributed by atoms with E-state index in [0.717, 1.165) is 37.5 Å². The molecule has 0 spiro atoms. The van der Waals surface area contributed by atoms with Crippen molar-refractivity contribution in [1.82, 2.24) is 30.5 Å². The summed E-state index contributed by atoms with van der Waals surface area (Å²) >= 11 is 0. The maximum absolute atomic E-state index is 12.6. The summed E-state index contributed by atoms with van der Waals surface area (Å²) in [5, 5.41) is 13.9. The van der Waals surface area contributed by atoms with Gasteiger partial charge in [-0.25, -0.2) is 4.68 Å². The van der Waals surface area contributed by atoms with Crippen LogP contribution in [0.3, 0.4) is 0 Å². The molecule has 1 unspecified atom stereocenters. The number of nitrogens with one attached hydrogen (secondary N) is 2. The van der Waals surface area contributed by atoms with E-state index in [9.17, 15) is 9.59 Å². The number of benzene rings is 1. The predicted octanol–water partition coefficient (Wildman–Crippen LogP) is 1.61. The second-order valence-electron chi connectivity index (χ2n) is 8.04. The molecule has 3 heterocycles. The van der Waals surface area contributed by atoms with Crippen molar-refractivity contribution in [2.45, 2.75) is 38.8 Å². The van der Waals surface area contributed by atoms with Crippen LogP contribution in [-0.4, -0.2) is 57.9 Å². The van der Waals surface area contributed by atoms with Crippen LogP contribution in [-0.2, 0) is 6.54 Å². The monoisotopic (exact) mass is 396 g/mol. The Morgan fingerprint density at radius 1 is 1.24 bits per heavy atom. The highest BCUT2D eigenvalue weighted by Gasteiger charge is 2.32. The molecule has 154 valence electrons. The normalized spacial score (nSPS) is 20.2. The van der Waals surface area contributed by atoms with Gasteiger partial charge in [0.25, 0.3) is 11.8 Å². The van der Waals surface area contributed by atoms with E-state index in [1.54, 1.807) is 0 Å². The van der Waals surface area contributed by atoms with Crippen molar-refractivity contribution < 1.29 is 9.59 Å². The van der Waals surface area contributed by atoms with Crippen molar-refractivity contribution in [3.8, 4) is 0 Å². The third kappa shape index (κ3) is 4.48. The van der Waals surface area contributed by atoms with E-state index >= 15 is 0 Å². The molecular formula is C21H28N6O2. The third-order valence-corrected chi connectivity index (χ3v) is 5.84. The number of carbonyl (C=O) groups is 2. The second-order valence-corrected chi connectivity index (χ2v) is 8.04. The molecule has 2 aromatic rings. The van der Waals surface area contributed by atoms with Crippen LogP contribution in [0.2, 0.25) is 0 Å². The first kappa shape index (κ1) is 19.6. The Balaban J connectivity index is 1.32. The Labute approximate surface area is 170 Å². The number of fused-ring (bicyclic) bond motifs is 1. The zero-order valence-corrected chi connectivity index (χ0v) is 16.8. The Morgan fingerprint density at radius 3 is 2.76 bits per heavy atom. The van der Waals surface area contributed by atoms with Gasteiger partial charge in [-0.3, -0.25) is 9.59 Å². The zero-order chi connectivity index (χ0) is 20.2. The average molecular weight is 396 g/mol. The summed E-state index contributed by atoms with van der Waals surface area (Å²) < 4.78 is 1.53. The molecule has 1 fully saturated rings. The molecule has 1 aromatic carbocycles. The smallest absolute Gasteiger partial charge is 0.274 e. The number of hydrogen-bond acceptors (Lipinski definition) is 5. The largest absolute Gasteiger partial charge is 0.351 e. The Bertz CT molecular complexity index is 857. The van der Waals surface area contributed by atoms with Crippen LogP contribution in [0.4, 0.5) is 0 Å². The molecule has 29 heavy (non-hydrogen) atoms. The minimum atomic E-state index is -0.341. The summed E-state index contributed by atoms with van der Waals surface area (Å²) in [6.45, 7) is 6.57. The number of hydrogen-bond donors (Lipinski definition) is 2. The van der Waals surface area contributed by atoms with E-state index in [2.05, 4.69) is 32.8 Å². The summed E-state index contributed by atoms with van der Waals surface area (Å²) in [5.74, 6) is 0.160. The molecule has 2 aliphatic rings. The van der Waals surface area contributed by atoms with Crippen molar-refractivity contribution in [1.29, 1.82) is 0 Å². The van der Waals surface area contributed by atoms with Crippen LogP contribution < -0.4 is 10.6 Å². The first-order chi connectivity index (χ1) is 14.1. The fourth-order valence-electron chi connectivity index (χ4n) is 4.01. The van der Waals surface area contributed by atoms with Gasteiger partial charge < -0.3 is 15.5 Å². The van der Waals surface area contributed by atoms with Gasteiger partial charge in [0.15, 0.2) is 11.4 Å². The molecule has 0 radical (unpaired) electrons. The van der Waals surface area contributed by atoms with E-state index in [1.165, 1.54) is 17.5 Å². The summed E-state index contributed by atoms with van der Waals surface area (Å²) in [7, 11) is 0. The van der Waals surface area contributed by atoms with Crippen LogP contribution in [0.15, 0.2) is 30.3 Å². The van der Waals surface area contributed by atoms with Gasteiger partial charge in [0, 0.05) is 6.54 Å². The van der Waals surface area contributed by atoms with Gasteiger partial charge in [-0.2, -0.15) is 0 Å². The Hall–Kier alpha value is -2.74. The number of carbonyl (C=O) groups excluding carboxylic acids is 2. The molecule has 8 heteroatoms. The van der Waals surface area contributed by atoms with E-state index < -0.39 is 0 Å². The first-order valence-electron chi connectivity index (χ1n) is 10.4. The Kier molecular flexibility index (Phi) is 5.89. The highest BCUT2D eigenvalue weighted by atomic mass is 16.2. The van der Waals surface area contributed by atoms with E-state index in [4.69, 9.17) is 0 Å². The fourth-order valence-corrected chi connectivity index (χ4v) is 4.01. The standard InChI is InChI=1S/C21H28N6O2/c1-15-8-12-26(13-9-15)11-5-10-22-20(28)18-19-21(29)23-17(14-27(19)25-24-18)16-6-3-2-4-7-16/h2-4,6-7,15,17H,5,8-14H2,1H3,(H,22,28)(H,23,29). The maximum atomic E-state index is 12.6. The number of rotatable bonds is 6. The van der Waals surface area contributed by atoms with Gasteiger partial charge in [0.2, 0.25) is 0 Å². The number of amides is 2. The molecule has 0 bridgehead atoms. The molecular weight excluding hydrogens is 368 g/mol. The molecule has 2 aliphatic heterocycles. The number of piperidine rings is 1. The molecule has 2 amide bonds. The third-order valence-electron chi connectivity index (χ3n) is 5.84. The lowest BCUT2D eigenvalue weighted by Gasteiger charge is -2.30. The number of nitrogens with zero attached hydrogens (tertiary/aromatic N) is 4. The summed E-state index contributed by atoms with van der Waals surface area (Å²) in [5.41, 5.74) is 1.33. The van der Waals surface area contributed by atoms with E-state index in [-0.39, 0.29) is 29.2 Å². The SMILES string of the molecule is CC1CCN(CCCNC(=O)c2nnn3c2C(=O)NC(c2ccccc2)C3)CC1. The van der Waals surface area contributed by atoms with Gasteiger partial charge in [0.1, 0.15) is 0 Å². The first-order valence-corrected chi connectivity index (χ1v) is 10.4. The van der Waals surface area contributed by atoms with Crippen LogP contribution in [0, 0.1) is 5.92 Å². The molecule has 0 aliphatic carbocycles. The minimum absolute atomic E-state index is 0.0980. The zero-order valence-electron chi connectivity index (χ0n) is 16.8. The lowest BCUT2D eigenvalue weighted by molar-refractivity contribution is 0.0876. The van der Waals surface area contributed by atoms with Gasteiger partial charge in [-0.1, -0.05) is 42.5 Å². The van der Waals surface area contributed by atoms with Crippen LogP contribution in [0.5, 0.6) is 0 Å². The lowest BCUT2D eigenvalue weighted by Crippen LogP contribution is -2.40. The second kappa shape index (κ2) is 8.73.